The van der Waals surface area contributed by atoms with Crippen LogP contribution in [0.5, 0.6) is 0 Å². The largest absolute Gasteiger partial charge is 0.360 e. The molecule has 7 nitrogen and oxygen atoms in total. The van der Waals surface area contributed by atoms with Gasteiger partial charge in [-0.25, -0.2) is 0 Å². The van der Waals surface area contributed by atoms with Gasteiger partial charge in [-0.05, 0) is 44.7 Å². The SMILES string of the molecule is C[C@H]1C[C@@H](NC(=O)c2cc(C3CC3)on2)CCN1S(O)(O)c1ccccc1.[HH]. The van der Waals surface area contributed by atoms with E-state index in [0.717, 1.165) is 18.6 Å². The zero-order chi connectivity index (χ0) is 19.0. The van der Waals surface area contributed by atoms with Gasteiger partial charge in [0.2, 0.25) is 0 Å². The average molecular weight is 394 g/mol. The first kappa shape index (κ1) is 18.5. The van der Waals surface area contributed by atoms with Crippen molar-refractivity contribution < 1.29 is 19.8 Å². The quantitative estimate of drug-likeness (QED) is 0.707. The Labute approximate surface area is 161 Å². The van der Waals surface area contributed by atoms with Gasteiger partial charge in [0.25, 0.3) is 5.91 Å². The van der Waals surface area contributed by atoms with Gasteiger partial charge in [-0.15, -0.1) is 10.8 Å². The molecule has 1 aliphatic carbocycles. The fourth-order valence-corrected chi connectivity index (χ4v) is 5.36. The summed E-state index contributed by atoms with van der Waals surface area (Å²) in [4.78, 5) is 13.0. The van der Waals surface area contributed by atoms with Gasteiger partial charge in [-0.3, -0.25) is 13.9 Å². The Morgan fingerprint density at radius 2 is 2.04 bits per heavy atom. The van der Waals surface area contributed by atoms with Crippen LogP contribution < -0.4 is 5.32 Å². The summed E-state index contributed by atoms with van der Waals surface area (Å²) in [7, 11) is -3.02. The Balaban J connectivity index is 0.00000225. The Morgan fingerprint density at radius 1 is 1.30 bits per heavy atom. The highest BCUT2D eigenvalue weighted by Crippen LogP contribution is 2.53. The molecule has 0 unspecified atom stereocenters. The monoisotopic (exact) mass is 393 g/mol. The van der Waals surface area contributed by atoms with Gasteiger partial charge < -0.3 is 9.84 Å². The van der Waals surface area contributed by atoms with Crippen molar-refractivity contribution in [3.8, 4) is 0 Å². The molecule has 0 bridgehead atoms. The van der Waals surface area contributed by atoms with Gasteiger partial charge in [0.15, 0.2) is 5.69 Å². The topological polar surface area (TPSA) is 98.8 Å². The summed E-state index contributed by atoms with van der Waals surface area (Å²) in [6.45, 7) is 2.45. The number of hydrogen-bond donors (Lipinski definition) is 3. The number of hydrogen-bond acceptors (Lipinski definition) is 6. The predicted molar refractivity (Wildman–Crippen MR) is 105 cm³/mol. The number of amides is 1. The molecule has 3 N–H and O–H groups in total. The van der Waals surface area contributed by atoms with E-state index in [2.05, 4.69) is 10.5 Å². The molecular formula is C19H27N3O4S. The molecule has 0 spiro atoms. The van der Waals surface area contributed by atoms with E-state index >= 15 is 0 Å². The molecule has 2 aliphatic rings. The lowest BCUT2D eigenvalue weighted by Crippen LogP contribution is -2.49. The molecule has 2 atom stereocenters. The van der Waals surface area contributed by atoms with Crippen molar-refractivity contribution >= 4 is 16.7 Å². The smallest absolute Gasteiger partial charge is 0.273 e. The van der Waals surface area contributed by atoms with Crippen molar-refractivity contribution in [3.63, 3.8) is 0 Å². The minimum atomic E-state index is -3.02. The van der Waals surface area contributed by atoms with Crippen LogP contribution in [0.25, 0.3) is 0 Å². The highest BCUT2D eigenvalue weighted by molar-refractivity contribution is 8.22. The number of aromatic nitrogens is 1. The number of piperidine rings is 1. The van der Waals surface area contributed by atoms with E-state index in [1.165, 1.54) is 0 Å². The number of nitrogens with one attached hydrogen (secondary N) is 1. The molecule has 1 aromatic carbocycles. The molecule has 1 aromatic heterocycles. The van der Waals surface area contributed by atoms with Crippen LogP contribution in [-0.2, 0) is 0 Å². The third-order valence-electron chi connectivity index (χ3n) is 5.28. The maximum atomic E-state index is 12.4. The third kappa shape index (κ3) is 3.89. The van der Waals surface area contributed by atoms with Crippen LogP contribution in [0.15, 0.2) is 45.8 Å². The van der Waals surface area contributed by atoms with Crippen LogP contribution in [0, 0.1) is 0 Å². The van der Waals surface area contributed by atoms with E-state index < -0.39 is 10.8 Å². The second-order valence-electron chi connectivity index (χ2n) is 7.41. The summed E-state index contributed by atoms with van der Waals surface area (Å²) in [5.41, 5.74) is 0.320. The zero-order valence-electron chi connectivity index (χ0n) is 15.2. The Morgan fingerprint density at radius 3 is 2.70 bits per heavy atom. The summed E-state index contributed by atoms with van der Waals surface area (Å²) >= 11 is 0. The molecule has 2 fully saturated rings. The summed E-state index contributed by atoms with van der Waals surface area (Å²) in [5.74, 6) is 0.983. The van der Waals surface area contributed by atoms with Crippen molar-refractivity contribution in [2.24, 2.45) is 0 Å². The highest BCUT2D eigenvalue weighted by Gasteiger charge is 2.36. The van der Waals surface area contributed by atoms with Gasteiger partial charge in [-0.2, -0.15) is 4.31 Å². The number of carbonyl (C=O) groups is 1. The van der Waals surface area contributed by atoms with Gasteiger partial charge in [0, 0.05) is 32.0 Å². The molecule has 1 amide bonds. The third-order valence-corrected chi connectivity index (χ3v) is 7.38. The van der Waals surface area contributed by atoms with Crippen molar-refractivity contribution in [1.29, 1.82) is 0 Å². The van der Waals surface area contributed by atoms with Crippen LogP contribution in [0.2, 0.25) is 0 Å². The lowest BCUT2D eigenvalue weighted by Gasteiger charge is -2.49. The van der Waals surface area contributed by atoms with Crippen molar-refractivity contribution in [2.75, 3.05) is 6.54 Å². The van der Waals surface area contributed by atoms with Gasteiger partial charge in [-0.1, -0.05) is 23.4 Å². The fraction of sp³-hybridized carbons (Fsp3) is 0.474. The van der Waals surface area contributed by atoms with Crippen molar-refractivity contribution in [3.05, 3.63) is 47.9 Å². The summed E-state index contributed by atoms with van der Waals surface area (Å²) < 4.78 is 28.5. The standard InChI is InChI=1S/C19H25N3O4S.H2/c1-13-11-15(20-19(23)17-12-18(26-21-17)14-7-8-14)9-10-22(13)27(24,25)16-5-3-2-4-6-16;/h2-6,12-15,24-25H,7-11H2,1H3,(H,20,23);1H/t13-,15-;/m0./s1. The normalized spacial score (nSPS) is 24.6. The van der Waals surface area contributed by atoms with E-state index in [1.54, 1.807) is 34.6 Å². The van der Waals surface area contributed by atoms with E-state index in [0.29, 0.717) is 35.9 Å². The van der Waals surface area contributed by atoms with Crippen molar-refractivity contribution in [1.82, 2.24) is 14.8 Å². The molecule has 2 heterocycles. The molecule has 8 heteroatoms. The molecule has 4 rings (SSSR count). The van der Waals surface area contributed by atoms with Gasteiger partial charge in [0.1, 0.15) is 5.76 Å². The lowest BCUT2D eigenvalue weighted by atomic mass is 10.0. The molecule has 2 aromatic rings. The first-order chi connectivity index (χ1) is 12.9. The molecule has 1 aliphatic heterocycles. The van der Waals surface area contributed by atoms with E-state index in [-0.39, 0.29) is 19.4 Å². The minimum absolute atomic E-state index is 0. The molecule has 0 radical (unpaired) electrons. The maximum Gasteiger partial charge on any atom is 0.273 e. The Hall–Kier alpha value is -1.87. The molecule has 1 saturated heterocycles. The zero-order valence-corrected chi connectivity index (χ0v) is 16.1. The number of nitrogens with zero attached hydrogens (tertiary/aromatic N) is 2. The summed E-state index contributed by atoms with van der Waals surface area (Å²) in [6.07, 6.45) is 3.48. The van der Waals surface area contributed by atoms with E-state index in [1.807, 2.05) is 13.0 Å². The number of benzene rings is 1. The van der Waals surface area contributed by atoms with Crippen LogP contribution in [-0.4, -0.2) is 43.1 Å². The van der Waals surface area contributed by atoms with Crippen LogP contribution in [0.3, 0.4) is 0 Å². The molecule has 1 saturated carbocycles. The van der Waals surface area contributed by atoms with Gasteiger partial charge >= 0.3 is 0 Å². The van der Waals surface area contributed by atoms with Crippen molar-refractivity contribution in [2.45, 2.75) is 55.5 Å². The first-order valence-electron chi connectivity index (χ1n) is 9.32. The maximum absolute atomic E-state index is 12.4. The van der Waals surface area contributed by atoms with Gasteiger partial charge in [0.05, 0.1) is 4.90 Å². The van der Waals surface area contributed by atoms with E-state index in [9.17, 15) is 13.9 Å². The van der Waals surface area contributed by atoms with E-state index in [4.69, 9.17) is 4.52 Å². The molecular weight excluding hydrogens is 366 g/mol. The predicted octanol–water partition coefficient (Wildman–Crippen LogP) is 4.11. The second-order valence-corrected chi connectivity index (χ2v) is 9.38. The highest BCUT2D eigenvalue weighted by atomic mass is 32.3. The Kier molecular flexibility index (Phi) is 4.98. The average Bonchev–Trinajstić information content (AvgIpc) is 3.39. The van der Waals surface area contributed by atoms with Crippen LogP contribution >= 0.6 is 10.8 Å². The fourth-order valence-electron chi connectivity index (χ4n) is 3.61. The lowest BCUT2D eigenvalue weighted by molar-refractivity contribution is 0.0903. The number of carbonyl (C=O) groups excluding carboxylic acids is 1. The molecule has 27 heavy (non-hydrogen) atoms. The first-order valence-corrected chi connectivity index (χ1v) is 10.8. The molecule has 148 valence electrons. The minimum Gasteiger partial charge on any atom is -0.360 e. The summed E-state index contributed by atoms with van der Waals surface area (Å²) in [6, 6.07) is 10.5. The Bertz CT molecular complexity index is 813. The number of rotatable bonds is 5. The summed E-state index contributed by atoms with van der Waals surface area (Å²) in [5, 5.41) is 6.89. The second kappa shape index (κ2) is 7.27. The van der Waals surface area contributed by atoms with Crippen LogP contribution in [0.4, 0.5) is 0 Å². The van der Waals surface area contributed by atoms with Crippen LogP contribution in [0.1, 0.15) is 56.2 Å².